The van der Waals surface area contributed by atoms with Crippen LogP contribution in [0, 0.1) is 5.92 Å². The van der Waals surface area contributed by atoms with Gasteiger partial charge >= 0.3 is 0 Å². The largest absolute Gasteiger partial charge is 0.393 e. The first-order chi connectivity index (χ1) is 8.09. The Bertz CT molecular complexity index is 285. The molecule has 0 aliphatic carbocycles. The molecule has 2 saturated heterocycles. The van der Waals surface area contributed by atoms with Gasteiger partial charge in [-0.1, -0.05) is 6.92 Å². The highest BCUT2D eigenvalue weighted by molar-refractivity contribution is 5.87. The van der Waals surface area contributed by atoms with Gasteiger partial charge in [0, 0.05) is 19.0 Å². The van der Waals surface area contributed by atoms with Gasteiger partial charge in [0.1, 0.15) is 0 Å². The van der Waals surface area contributed by atoms with E-state index in [1.165, 1.54) is 0 Å². The summed E-state index contributed by atoms with van der Waals surface area (Å²) in [5.74, 6) is 0.509. The van der Waals surface area contributed by atoms with Crippen LogP contribution in [-0.2, 0) is 4.79 Å². The van der Waals surface area contributed by atoms with E-state index in [0.717, 1.165) is 45.3 Å². The van der Waals surface area contributed by atoms with Gasteiger partial charge in [0.2, 0.25) is 5.91 Å². The second-order valence-corrected chi connectivity index (χ2v) is 5.51. The molecule has 2 heterocycles. The molecule has 0 saturated carbocycles. The predicted octanol–water partition coefficient (Wildman–Crippen LogP) is 0.748. The zero-order valence-corrected chi connectivity index (χ0v) is 10.9. The molecular weight excluding hydrogens is 216 g/mol. The van der Waals surface area contributed by atoms with Crippen molar-refractivity contribution < 1.29 is 9.90 Å². The van der Waals surface area contributed by atoms with E-state index >= 15 is 0 Å². The minimum absolute atomic E-state index is 0.251. The summed E-state index contributed by atoms with van der Waals surface area (Å²) < 4.78 is 0. The average molecular weight is 240 g/mol. The lowest BCUT2D eigenvalue weighted by molar-refractivity contribution is -0.137. The summed E-state index contributed by atoms with van der Waals surface area (Å²) in [6, 6.07) is 0. The molecule has 1 amide bonds. The molecule has 0 bridgehead atoms. The summed E-state index contributed by atoms with van der Waals surface area (Å²) in [7, 11) is 0. The maximum atomic E-state index is 12.6. The number of nitrogens with zero attached hydrogens (tertiary/aromatic N) is 1. The van der Waals surface area contributed by atoms with Gasteiger partial charge in [-0.05, 0) is 39.2 Å². The number of carbonyl (C=O) groups is 1. The monoisotopic (exact) mass is 240 g/mol. The normalized spacial score (nSPS) is 35.2. The third-order valence-electron chi connectivity index (χ3n) is 4.45. The molecular formula is C13H24N2O2. The Labute approximate surface area is 103 Å². The molecule has 4 heteroatoms. The summed E-state index contributed by atoms with van der Waals surface area (Å²) >= 11 is 0. The fraction of sp³-hybridized carbons (Fsp3) is 0.923. The van der Waals surface area contributed by atoms with Crippen molar-refractivity contribution in [2.75, 3.05) is 19.6 Å². The highest BCUT2D eigenvalue weighted by atomic mass is 16.3. The van der Waals surface area contributed by atoms with Gasteiger partial charge in [-0.25, -0.2) is 0 Å². The number of amides is 1. The average Bonchev–Trinajstić information content (AvgIpc) is 2.98. The standard InChI is InChI=1S/C13H24N2O2/c1-3-13(6-4-7-14-13)12(17)15-8-5-11(9-15)10(2)16/h10-11,14,16H,3-9H2,1-2H3. The van der Waals surface area contributed by atoms with Crippen molar-refractivity contribution >= 4 is 5.91 Å². The van der Waals surface area contributed by atoms with Crippen LogP contribution in [0.5, 0.6) is 0 Å². The lowest BCUT2D eigenvalue weighted by atomic mass is 9.92. The van der Waals surface area contributed by atoms with Crippen molar-refractivity contribution in [3.05, 3.63) is 0 Å². The van der Waals surface area contributed by atoms with E-state index in [1.54, 1.807) is 0 Å². The van der Waals surface area contributed by atoms with E-state index in [2.05, 4.69) is 12.2 Å². The fourth-order valence-corrected chi connectivity index (χ4v) is 3.11. The molecule has 4 nitrogen and oxygen atoms in total. The van der Waals surface area contributed by atoms with Crippen LogP contribution >= 0.6 is 0 Å². The third kappa shape index (κ3) is 2.33. The number of carbonyl (C=O) groups excluding carboxylic acids is 1. The van der Waals surface area contributed by atoms with E-state index < -0.39 is 0 Å². The molecule has 3 atom stereocenters. The van der Waals surface area contributed by atoms with E-state index in [4.69, 9.17) is 0 Å². The molecule has 0 aromatic heterocycles. The Morgan fingerprint density at radius 2 is 2.41 bits per heavy atom. The van der Waals surface area contributed by atoms with E-state index in [0.29, 0.717) is 0 Å². The van der Waals surface area contributed by atoms with Crippen molar-refractivity contribution in [3.8, 4) is 0 Å². The van der Waals surface area contributed by atoms with Crippen molar-refractivity contribution in [1.29, 1.82) is 0 Å². The molecule has 0 spiro atoms. The number of aliphatic hydroxyl groups is 1. The number of rotatable bonds is 3. The Morgan fingerprint density at radius 1 is 1.65 bits per heavy atom. The first-order valence-corrected chi connectivity index (χ1v) is 6.81. The molecule has 0 aromatic carbocycles. The van der Waals surface area contributed by atoms with Crippen LogP contribution < -0.4 is 5.32 Å². The lowest BCUT2D eigenvalue weighted by Crippen LogP contribution is -2.54. The number of likely N-dealkylation sites (tertiary alicyclic amines) is 1. The Kier molecular flexibility index (Phi) is 3.73. The maximum absolute atomic E-state index is 12.6. The molecule has 0 aromatic rings. The summed E-state index contributed by atoms with van der Waals surface area (Å²) in [6.07, 6.45) is 3.54. The molecule has 98 valence electrons. The number of hydrogen-bond donors (Lipinski definition) is 2. The molecule has 17 heavy (non-hydrogen) atoms. The van der Waals surface area contributed by atoms with Gasteiger partial charge in [-0.2, -0.15) is 0 Å². The quantitative estimate of drug-likeness (QED) is 0.765. The zero-order chi connectivity index (χ0) is 12.5. The molecule has 2 fully saturated rings. The molecule has 2 aliphatic rings. The van der Waals surface area contributed by atoms with Gasteiger partial charge in [0.15, 0.2) is 0 Å². The SMILES string of the molecule is CCC1(C(=O)N2CCC(C(C)O)C2)CCCN1. The van der Waals surface area contributed by atoms with Crippen molar-refractivity contribution in [2.45, 2.75) is 51.2 Å². The molecule has 0 radical (unpaired) electrons. The van der Waals surface area contributed by atoms with Crippen molar-refractivity contribution in [1.82, 2.24) is 10.2 Å². The predicted molar refractivity (Wildman–Crippen MR) is 66.6 cm³/mol. The van der Waals surface area contributed by atoms with E-state index in [9.17, 15) is 9.90 Å². The Balaban J connectivity index is 2.01. The summed E-state index contributed by atoms with van der Waals surface area (Å²) in [5.41, 5.74) is -0.312. The van der Waals surface area contributed by atoms with Gasteiger partial charge in [-0.3, -0.25) is 4.79 Å². The first kappa shape index (κ1) is 12.8. The van der Waals surface area contributed by atoms with Gasteiger partial charge in [0.05, 0.1) is 11.6 Å². The minimum atomic E-state index is -0.312. The van der Waals surface area contributed by atoms with Crippen LogP contribution in [0.15, 0.2) is 0 Å². The highest BCUT2D eigenvalue weighted by Crippen LogP contribution is 2.29. The second-order valence-electron chi connectivity index (χ2n) is 5.51. The van der Waals surface area contributed by atoms with Crippen LogP contribution in [0.3, 0.4) is 0 Å². The molecule has 2 aliphatic heterocycles. The molecule has 2 N–H and O–H groups in total. The summed E-state index contributed by atoms with van der Waals surface area (Å²) in [5, 5.41) is 13.0. The van der Waals surface area contributed by atoms with Crippen molar-refractivity contribution in [3.63, 3.8) is 0 Å². The molecule has 3 unspecified atom stereocenters. The van der Waals surface area contributed by atoms with Crippen LogP contribution in [0.25, 0.3) is 0 Å². The van der Waals surface area contributed by atoms with Crippen LogP contribution in [0.2, 0.25) is 0 Å². The fourth-order valence-electron chi connectivity index (χ4n) is 3.11. The number of aliphatic hydroxyl groups excluding tert-OH is 1. The van der Waals surface area contributed by atoms with Gasteiger partial charge < -0.3 is 15.3 Å². The maximum Gasteiger partial charge on any atom is 0.242 e. The third-order valence-corrected chi connectivity index (χ3v) is 4.45. The van der Waals surface area contributed by atoms with Gasteiger partial charge in [0.25, 0.3) is 0 Å². The van der Waals surface area contributed by atoms with Crippen molar-refractivity contribution in [2.24, 2.45) is 5.92 Å². The Morgan fingerprint density at radius 3 is 2.88 bits per heavy atom. The van der Waals surface area contributed by atoms with E-state index in [1.807, 2.05) is 11.8 Å². The topological polar surface area (TPSA) is 52.6 Å². The highest BCUT2D eigenvalue weighted by Gasteiger charge is 2.43. The lowest BCUT2D eigenvalue weighted by Gasteiger charge is -2.32. The van der Waals surface area contributed by atoms with Crippen LogP contribution in [0.4, 0.5) is 0 Å². The number of hydrogen-bond acceptors (Lipinski definition) is 3. The molecule has 2 rings (SSSR count). The summed E-state index contributed by atoms with van der Waals surface area (Å²) in [4.78, 5) is 14.5. The van der Waals surface area contributed by atoms with Crippen LogP contribution in [-0.4, -0.2) is 47.2 Å². The summed E-state index contributed by atoms with van der Waals surface area (Å²) in [6.45, 7) is 6.38. The van der Waals surface area contributed by atoms with E-state index in [-0.39, 0.29) is 23.5 Å². The zero-order valence-electron chi connectivity index (χ0n) is 10.9. The number of nitrogens with one attached hydrogen (secondary N) is 1. The van der Waals surface area contributed by atoms with Gasteiger partial charge in [-0.15, -0.1) is 0 Å². The second kappa shape index (κ2) is 4.94. The smallest absolute Gasteiger partial charge is 0.242 e. The van der Waals surface area contributed by atoms with Crippen LogP contribution in [0.1, 0.15) is 39.5 Å². The first-order valence-electron chi connectivity index (χ1n) is 6.81. The Hall–Kier alpha value is -0.610. The minimum Gasteiger partial charge on any atom is -0.393 e.